The van der Waals surface area contributed by atoms with E-state index in [1.165, 1.54) is 161 Å². The summed E-state index contributed by atoms with van der Waals surface area (Å²) in [5, 5.41) is 0. The molecule has 0 spiro atoms. The molecule has 0 rings (SSSR count). The smallest absolute Gasteiger partial charge is 0.306 e. The molecule has 0 aliphatic carbocycles. The molecule has 1 atom stereocenters. The maximum atomic E-state index is 12.8. The van der Waals surface area contributed by atoms with E-state index < -0.39 is 6.10 Å². The second-order valence-electron chi connectivity index (χ2n) is 18.1. The zero-order valence-electron chi connectivity index (χ0n) is 41.8. The highest BCUT2D eigenvalue weighted by Crippen LogP contribution is 2.15. The van der Waals surface area contributed by atoms with Crippen LogP contribution in [0.25, 0.3) is 0 Å². The molecule has 0 aromatic rings. The van der Waals surface area contributed by atoms with Crippen molar-refractivity contribution in [2.45, 2.75) is 284 Å². The fourth-order valence-corrected chi connectivity index (χ4v) is 7.68. The van der Waals surface area contributed by atoms with Gasteiger partial charge in [0, 0.05) is 19.3 Å². The van der Waals surface area contributed by atoms with Crippen molar-refractivity contribution in [3.05, 3.63) is 48.6 Å². The van der Waals surface area contributed by atoms with Crippen LogP contribution in [0.15, 0.2) is 48.6 Å². The molecule has 0 N–H and O–H groups in total. The molecule has 6 heteroatoms. The van der Waals surface area contributed by atoms with E-state index in [1.54, 1.807) is 0 Å². The van der Waals surface area contributed by atoms with Crippen LogP contribution in [0.3, 0.4) is 0 Å². The lowest BCUT2D eigenvalue weighted by molar-refractivity contribution is -0.167. The standard InChI is InChI=1S/C57H102O6/c1-4-7-10-13-16-18-20-22-24-26-27-28-29-31-32-34-36-38-41-44-47-50-56(59)62-53-54(52-61-55(58)49-46-43-40-15-12-9-6-3)63-57(60)51-48-45-42-39-37-35-33-30-25-23-21-19-17-14-11-8-5-2/h17,19-20,22-23,25-27,54H,4-16,18,21,24,28-53H2,1-3H3/b19-17-,22-20-,25-23-,27-26-. The SMILES string of the molecule is CCCCC/C=C\C/C=C\CCCCCCCCCC(=O)OC(COC(=O)CCCCCCCCC)COC(=O)CCCCCCCCCCC/C=C\C/C=C\CCCCCCC. The van der Waals surface area contributed by atoms with E-state index in [-0.39, 0.29) is 31.1 Å². The molecule has 0 aliphatic heterocycles. The van der Waals surface area contributed by atoms with Gasteiger partial charge in [0.2, 0.25) is 0 Å². The van der Waals surface area contributed by atoms with E-state index >= 15 is 0 Å². The van der Waals surface area contributed by atoms with Crippen LogP contribution in [-0.2, 0) is 28.6 Å². The van der Waals surface area contributed by atoms with Gasteiger partial charge in [-0.3, -0.25) is 14.4 Å². The van der Waals surface area contributed by atoms with Gasteiger partial charge >= 0.3 is 17.9 Å². The van der Waals surface area contributed by atoms with Crippen LogP contribution in [0, 0.1) is 0 Å². The second-order valence-corrected chi connectivity index (χ2v) is 18.1. The van der Waals surface area contributed by atoms with Crippen molar-refractivity contribution >= 4 is 17.9 Å². The minimum absolute atomic E-state index is 0.0764. The molecule has 366 valence electrons. The quantitative estimate of drug-likeness (QED) is 0.0262. The fourth-order valence-electron chi connectivity index (χ4n) is 7.68. The molecule has 6 nitrogen and oxygen atoms in total. The van der Waals surface area contributed by atoms with Gasteiger partial charge in [-0.1, -0.05) is 223 Å². The number of hydrogen-bond acceptors (Lipinski definition) is 6. The summed E-state index contributed by atoms with van der Waals surface area (Å²) in [5.74, 6) is -0.887. The number of ether oxygens (including phenoxy) is 3. The minimum Gasteiger partial charge on any atom is -0.462 e. The van der Waals surface area contributed by atoms with Crippen molar-refractivity contribution in [1.29, 1.82) is 0 Å². The van der Waals surface area contributed by atoms with Gasteiger partial charge in [-0.15, -0.1) is 0 Å². The molecule has 1 unspecified atom stereocenters. The Morgan fingerprint density at radius 1 is 0.317 bits per heavy atom. The first-order valence-corrected chi connectivity index (χ1v) is 27.1. The molecular weight excluding hydrogens is 781 g/mol. The van der Waals surface area contributed by atoms with E-state index in [4.69, 9.17) is 14.2 Å². The largest absolute Gasteiger partial charge is 0.462 e. The fraction of sp³-hybridized carbons (Fsp3) is 0.807. The highest BCUT2D eigenvalue weighted by Gasteiger charge is 2.19. The zero-order valence-corrected chi connectivity index (χ0v) is 41.8. The van der Waals surface area contributed by atoms with Crippen LogP contribution in [-0.4, -0.2) is 37.2 Å². The average Bonchev–Trinajstić information content (AvgIpc) is 3.28. The van der Waals surface area contributed by atoms with Crippen LogP contribution < -0.4 is 0 Å². The number of carbonyl (C=O) groups excluding carboxylic acids is 3. The molecule has 0 aliphatic rings. The van der Waals surface area contributed by atoms with Crippen molar-refractivity contribution in [3.8, 4) is 0 Å². The first-order valence-electron chi connectivity index (χ1n) is 27.1. The number of esters is 3. The third kappa shape index (κ3) is 50.2. The molecule has 0 saturated carbocycles. The van der Waals surface area contributed by atoms with Crippen LogP contribution in [0.4, 0.5) is 0 Å². The second kappa shape index (κ2) is 52.0. The van der Waals surface area contributed by atoms with E-state index in [1.807, 2.05) is 0 Å². The van der Waals surface area contributed by atoms with Gasteiger partial charge in [-0.25, -0.2) is 0 Å². The van der Waals surface area contributed by atoms with Gasteiger partial charge in [-0.05, 0) is 83.5 Å². The maximum absolute atomic E-state index is 12.8. The monoisotopic (exact) mass is 883 g/mol. The molecule has 0 saturated heterocycles. The number of allylic oxidation sites excluding steroid dienone is 8. The normalized spacial score (nSPS) is 12.4. The van der Waals surface area contributed by atoms with Crippen molar-refractivity contribution < 1.29 is 28.6 Å². The first kappa shape index (κ1) is 60.4. The first-order chi connectivity index (χ1) is 31.0. The Kier molecular flexibility index (Phi) is 49.8. The van der Waals surface area contributed by atoms with Gasteiger partial charge in [0.05, 0.1) is 0 Å². The summed E-state index contributed by atoms with van der Waals surface area (Å²) in [6.45, 7) is 6.57. The summed E-state index contributed by atoms with van der Waals surface area (Å²) >= 11 is 0. The Morgan fingerprint density at radius 2 is 0.571 bits per heavy atom. The molecular formula is C57H102O6. The molecule has 0 radical (unpaired) electrons. The van der Waals surface area contributed by atoms with Gasteiger partial charge in [0.1, 0.15) is 13.2 Å². The van der Waals surface area contributed by atoms with Crippen LogP contribution in [0.5, 0.6) is 0 Å². The number of hydrogen-bond donors (Lipinski definition) is 0. The Balaban J connectivity index is 4.22. The number of unbranched alkanes of at least 4 members (excludes halogenated alkanes) is 30. The summed E-state index contributed by atoms with van der Waals surface area (Å²) in [6, 6.07) is 0. The van der Waals surface area contributed by atoms with Crippen LogP contribution in [0.2, 0.25) is 0 Å². The molecule has 0 heterocycles. The van der Waals surface area contributed by atoms with Crippen molar-refractivity contribution in [2.24, 2.45) is 0 Å². The molecule has 0 bridgehead atoms. The minimum atomic E-state index is -0.775. The van der Waals surface area contributed by atoms with Crippen molar-refractivity contribution in [3.63, 3.8) is 0 Å². The van der Waals surface area contributed by atoms with E-state index in [0.29, 0.717) is 19.3 Å². The lowest BCUT2D eigenvalue weighted by Gasteiger charge is -2.18. The Bertz CT molecular complexity index is 1110. The molecule has 0 aromatic carbocycles. The van der Waals surface area contributed by atoms with E-state index in [9.17, 15) is 14.4 Å². The highest BCUT2D eigenvalue weighted by molar-refractivity contribution is 5.71. The van der Waals surface area contributed by atoms with Gasteiger partial charge in [0.25, 0.3) is 0 Å². The summed E-state index contributed by atoms with van der Waals surface area (Å²) in [7, 11) is 0. The van der Waals surface area contributed by atoms with Crippen LogP contribution >= 0.6 is 0 Å². The summed E-state index contributed by atoms with van der Waals surface area (Å²) in [4.78, 5) is 37.9. The summed E-state index contributed by atoms with van der Waals surface area (Å²) < 4.78 is 16.8. The summed E-state index contributed by atoms with van der Waals surface area (Å²) in [5.41, 5.74) is 0. The lowest BCUT2D eigenvalue weighted by Crippen LogP contribution is -2.30. The van der Waals surface area contributed by atoms with Crippen LogP contribution in [0.1, 0.15) is 278 Å². The number of rotatable bonds is 49. The summed E-state index contributed by atoms with van der Waals surface area (Å²) in [6.07, 6.45) is 62.5. The van der Waals surface area contributed by atoms with Gasteiger partial charge in [0.15, 0.2) is 6.10 Å². The Morgan fingerprint density at radius 3 is 0.905 bits per heavy atom. The van der Waals surface area contributed by atoms with Gasteiger partial charge in [-0.2, -0.15) is 0 Å². The number of carbonyl (C=O) groups is 3. The van der Waals surface area contributed by atoms with E-state index in [0.717, 1.165) is 77.0 Å². The molecule has 63 heavy (non-hydrogen) atoms. The van der Waals surface area contributed by atoms with E-state index in [2.05, 4.69) is 69.4 Å². The third-order valence-corrected chi connectivity index (χ3v) is 11.8. The molecule has 0 aromatic heterocycles. The van der Waals surface area contributed by atoms with Crippen molar-refractivity contribution in [2.75, 3.05) is 13.2 Å². The van der Waals surface area contributed by atoms with Gasteiger partial charge < -0.3 is 14.2 Å². The predicted molar refractivity (Wildman–Crippen MR) is 270 cm³/mol. The third-order valence-electron chi connectivity index (χ3n) is 11.8. The average molecular weight is 883 g/mol. The Labute approximate surface area is 390 Å². The maximum Gasteiger partial charge on any atom is 0.306 e. The zero-order chi connectivity index (χ0) is 45.8. The predicted octanol–water partition coefficient (Wildman–Crippen LogP) is 17.9. The Hall–Kier alpha value is -2.63. The lowest BCUT2D eigenvalue weighted by atomic mass is 10.1. The molecule has 0 fully saturated rings. The highest BCUT2D eigenvalue weighted by atomic mass is 16.6. The van der Waals surface area contributed by atoms with Crippen molar-refractivity contribution in [1.82, 2.24) is 0 Å². The topological polar surface area (TPSA) is 78.9 Å². The molecule has 0 amide bonds.